The van der Waals surface area contributed by atoms with Gasteiger partial charge >= 0.3 is 0 Å². The predicted octanol–water partition coefficient (Wildman–Crippen LogP) is 7.72. The second-order valence-electron chi connectivity index (χ2n) is 9.46. The lowest BCUT2D eigenvalue weighted by Gasteiger charge is -2.29. The number of aromatic nitrogens is 3. The van der Waals surface area contributed by atoms with E-state index < -0.39 is 6.04 Å². The number of hydrogen-bond acceptors (Lipinski definition) is 8. The molecule has 0 saturated heterocycles. The van der Waals surface area contributed by atoms with Gasteiger partial charge in [0, 0.05) is 16.5 Å². The van der Waals surface area contributed by atoms with Gasteiger partial charge in [0.05, 0.1) is 36.1 Å². The third-order valence-electron chi connectivity index (χ3n) is 6.68. The van der Waals surface area contributed by atoms with Crippen molar-refractivity contribution >= 4 is 56.8 Å². The Balaban J connectivity index is 1.57. The predicted molar refractivity (Wildman–Crippen MR) is 174 cm³/mol. The zero-order chi connectivity index (χ0) is 30.5. The number of benzene rings is 3. The molecule has 0 spiro atoms. The maximum atomic E-state index is 14.1. The van der Waals surface area contributed by atoms with E-state index in [0.29, 0.717) is 73.8 Å². The van der Waals surface area contributed by atoms with E-state index in [2.05, 4.69) is 26.6 Å². The standard InChI is InChI=1S/C31H31BrClN5O4S/c1-5-41-24-14-10-9-13-23(24)35-29(39)26-18(3)34-30-36-31(43-17-19-11-7-8-12-22(19)33)37-38(30)27(26)20-15-21(32)28(42-6-2)25(16-20)40-4/h7-16,27H,5-6,17H2,1-4H3,(H,35,39)(H,34,36,37). The summed E-state index contributed by atoms with van der Waals surface area (Å²) in [6.45, 7) is 6.59. The Morgan fingerprint density at radius 2 is 1.84 bits per heavy atom. The quantitative estimate of drug-likeness (QED) is 0.155. The maximum Gasteiger partial charge on any atom is 0.255 e. The third kappa shape index (κ3) is 6.63. The van der Waals surface area contributed by atoms with Gasteiger partial charge in [-0.3, -0.25) is 4.79 Å². The first-order valence-corrected chi connectivity index (χ1v) is 15.8. The van der Waals surface area contributed by atoms with Crippen molar-refractivity contribution in [3.63, 3.8) is 0 Å². The number of carbonyl (C=O) groups excluding carboxylic acids is 1. The van der Waals surface area contributed by atoms with Gasteiger partial charge in [-0.2, -0.15) is 4.98 Å². The minimum atomic E-state index is -0.640. The molecule has 2 heterocycles. The Hall–Kier alpha value is -3.67. The Morgan fingerprint density at radius 3 is 2.58 bits per heavy atom. The van der Waals surface area contributed by atoms with Crippen molar-refractivity contribution in [1.29, 1.82) is 0 Å². The number of allylic oxidation sites excluding steroid dienone is 1. The molecular formula is C31H31BrClN5O4S. The molecule has 0 aliphatic carbocycles. The average Bonchev–Trinajstić information content (AvgIpc) is 3.40. The van der Waals surface area contributed by atoms with Gasteiger partial charge in [-0.05, 0) is 78.2 Å². The van der Waals surface area contributed by atoms with E-state index >= 15 is 0 Å². The summed E-state index contributed by atoms with van der Waals surface area (Å²) in [7, 11) is 1.58. The lowest BCUT2D eigenvalue weighted by atomic mass is 9.94. The van der Waals surface area contributed by atoms with Crippen LogP contribution in [0, 0.1) is 0 Å². The highest BCUT2D eigenvalue weighted by Gasteiger charge is 2.36. The molecule has 0 saturated carbocycles. The van der Waals surface area contributed by atoms with E-state index in [9.17, 15) is 4.79 Å². The topological polar surface area (TPSA) is 99.5 Å². The van der Waals surface area contributed by atoms with Crippen LogP contribution in [0.5, 0.6) is 17.2 Å². The molecule has 0 bridgehead atoms. The molecule has 43 heavy (non-hydrogen) atoms. The number of para-hydroxylation sites is 2. The molecule has 3 aromatic carbocycles. The highest BCUT2D eigenvalue weighted by molar-refractivity contribution is 9.10. The lowest BCUT2D eigenvalue weighted by molar-refractivity contribution is -0.113. The van der Waals surface area contributed by atoms with Crippen LogP contribution in [0.1, 0.15) is 37.9 Å². The van der Waals surface area contributed by atoms with Gasteiger partial charge in [0.25, 0.3) is 5.91 Å². The van der Waals surface area contributed by atoms with Gasteiger partial charge in [-0.25, -0.2) is 4.68 Å². The summed E-state index contributed by atoms with van der Waals surface area (Å²) in [5, 5.41) is 12.4. The summed E-state index contributed by atoms with van der Waals surface area (Å²) in [5.41, 5.74) is 3.41. The Bertz CT molecular complexity index is 1680. The van der Waals surface area contributed by atoms with Crippen molar-refractivity contribution in [2.24, 2.45) is 0 Å². The molecule has 1 atom stereocenters. The lowest BCUT2D eigenvalue weighted by Crippen LogP contribution is -2.31. The van der Waals surface area contributed by atoms with Crippen LogP contribution in [0.25, 0.3) is 0 Å². The number of nitrogens with one attached hydrogen (secondary N) is 2. The normalized spacial score (nSPS) is 14.1. The van der Waals surface area contributed by atoms with E-state index in [0.717, 1.165) is 11.1 Å². The van der Waals surface area contributed by atoms with E-state index in [-0.39, 0.29) is 5.91 Å². The number of methoxy groups -OCH3 is 1. The van der Waals surface area contributed by atoms with Crippen LogP contribution < -0.4 is 24.8 Å². The molecule has 224 valence electrons. The number of ether oxygens (including phenoxy) is 3. The number of fused-ring (bicyclic) bond motifs is 1. The second kappa shape index (κ2) is 13.7. The number of rotatable bonds is 11. The number of thioether (sulfide) groups is 1. The summed E-state index contributed by atoms with van der Waals surface area (Å²) in [6, 6.07) is 18.2. The fourth-order valence-corrected chi connectivity index (χ4v) is 6.46. The molecule has 5 rings (SSSR count). The molecule has 1 unspecified atom stereocenters. The summed E-state index contributed by atoms with van der Waals surface area (Å²) in [6.07, 6.45) is 0. The molecule has 4 aromatic rings. The molecule has 0 radical (unpaired) electrons. The van der Waals surface area contributed by atoms with Crippen LogP contribution in [0.2, 0.25) is 5.02 Å². The van der Waals surface area contributed by atoms with Gasteiger partial charge in [0.2, 0.25) is 11.1 Å². The first-order valence-electron chi connectivity index (χ1n) is 13.7. The summed E-state index contributed by atoms with van der Waals surface area (Å²) in [4.78, 5) is 18.8. The number of carbonyl (C=O) groups is 1. The van der Waals surface area contributed by atoms with Crippen molar-refractivity contribution in [2.45, 2.75) is 37.7 Å². The van der Waals surface area contributed by atoms with Crippen LogP contribution in [0.4, 0.5) is 11.6 Å². The van der Waals surface area contributed by atoms with Crippen LogP contribution in [0.15, 0.2) is 81.6 Å². The molecule has 9 nitrogen and oxygen atoms in total. The van der Waals surface area contributed by atoms with Gasteiger partial charge in [0.15, 0.2) is 11.5 Å². The highest BCUT2D eigenvalue weighted by atomic mass is 79.9. The first kappa shape index (κ1) is 30.8. The summed E-state index contributed by atoms with van der Waals surface area (Å²) in [5.74, 6) is 2.48. The molecule has 1 aliphatic rings. The molecule has 2 N–H and O–H groups in total. The van der Waals surface area contributed by atoms with Crippen molar-refractivity contribution < 1.29 is 19.0 Å². The van der Waals surface area contributed by atoms with Crippen LogP contribution >= 0.6 is 39.3 Å². The van der Waals surface area contributed by atoms with E-state index in [1.807, 2.05) is 81.4 Å². The minimum Gasteiger partial charge on any atom is -0.493 e. The number of nitrogens with zero attached hydrogens (tertiary/aromatic N) is 3. The minimum absolute atomic E-state index is 0.308. The first-order chi connectivity index (χ1) is 20.8. The molecule has 12 heteroatoms. The Labute approximate surface area is 268 Å². The van der Waals surface area contributed by atoms with Gasteiger partial charge in [-0.15, -0.1) is 5.10 Å². The second-order valence-corrected chi connectivity index (χ2v) is 11.7. The van der Waals surface area contributed by atoms with Crippen molar-refractivity contribution in [3.8, 4) is 17.2 Å². The fraction of sp³-hybridized carbons (Fsp3) is 0.258. The van der Waals surface area contributed by atoms with Crippen LogP contribution in [-0.4, -0.2) is 41.0 Å². The monoisotopic (exact) mass is 683 g/mol. The van der Waals surface area contributed by atoms with E-state index in [4.69, 9.17) is 35.9 Å². The largest absolute Gasteiger partial charge is 0.493 e. The Morgan fingerprint density at radius 1 is 1.09 bits per heavy atom. The molecule has 1 aliphatic heterocycles. The molecule has 0 fully saturated rings. The fourth-order valence-electron chi connectivity index (χ4n) is 4.78. The van der Waals surface area contributed by atoms with Gasteiger partial charge < -0.3 is 24.8 Å². The average molecular weight is 685 g/mol. The molecular weight excluding hydrogens is 654 g/mol. The summed E-state index contributed by atoms with van der Waals surface area (Å²) < 4.78 is 19.7. The van der Waals surface area contributed by atoms with Crippen LogP contribution in [-0.2, 0) is 10.5 Å². The van der Waals surface area contributed by atoms with Crippen LogP contribution in [0.3, 0.4) is 0 Å². The van der Waals surface area contributed by atoms with Crippen molar-refractivity contribution in [2.75, 3.05) is 31.0 Å². The number of anilines is 2. The number of hydrogen-bond donors (Lipinski definition) is 2. The Kier molecular flexibility index (Phi) is 9.84. The highest BCUT2D eigenvalue weighted by Crippen LogP contribution is 2.43. The smallest absolute Gasteiger partial charge is 0.255 e. The van der Waals surface area contributed by atoms with E-state index in [1.165, 1.54) is 11.8 Å². The molecule has 1 amide bonds. The van der Waals surface area contributed by atoms with E-state index in [1.54, 1.807) is 11.8 Å². The van der Waals surface area contributed by atoms with Crippen molar-refractivity contribution in [1.82, 2.24) is 14.8 Å². The maximum absolute atomic E-state index is 14.1. The van der Waals surface area contributed by atoms with Crippen molar-refractivity contribution in [3.05, 3.63) is 92.6 Å². The number of amides is 1. The zero-order valence-electron chi connectivity index (χ0n) is 24.1. The summed E-state index contributed by atoms with van der Waals surface area (Å²) >= 11 is 11.5. The van der Waals surface area contributed by atoms with Gasteiger partial charge in [0.1, 0.15) is 11.8 Å². The zero-order valence-corrected chi connectivity index (χ0v) is 27.3. The SMILES string of the molecule is CCOc1ccccc1NC(=O)C1=C(C)Nc2nc(SCc3ccccc3Cl)nn2C1c1cc(Br)c(OCC)c(OC)c1. The number of halogens is 2. The van der Waals surface area contributed by atoms with Gasteiger partial charge in [-0.1, -0.05) is 53.7 Å². The third-order valence-corrected chi connectivity index (χ3v) is 8.53. The molecule has 1 aromatic heterocycles.